The first-order valence-corrected chi connectivity index (χ1v) is 11.4. The molecule has 0 saturated carbocycles. The smallest absolute Gasteiger partial charge is 0.338 e. The van der Waals surface area contributed by atoms with Crippen molar-refractivity contribution in [3.8, 4) is 11.5 Å². The molecule has 1 heterocycles. The van der Waals surface area contributed by atoms with E-state index in [0.717, 1.165) is 17.8 Å². The zero-order valence-electron chi connectivity index (χ0n) is 18.7. The van der Waals surface area contributed by atoms with Gasteiger partial charge in [-0.15, -0.1) is 11.3 Å². The van der Waals surface area contributed by atoms with E-state index in [-0.39, 0.29) is 23.3 Å². The van der Waals surface area contributed by atoms with Gasteiger partial charge in [0.05, 0.1) is 30.2 Å². The minimum atomic E-state index is -0.551. The van der Waals surface area contributed by atoms with Gasteiger partial charge in [0.15, 0.2) is 16.6 Å². The molecule has 1 amide bonds. The van der Waals surface area contributed by atoms with Gasteiger partial charge in [0.1, 0.15) is 12.4 Å². The number of esters is 1. The van der Waals surface area contributed by atoms with Crippen molar-refractivity contribution in [1.29, 1.82) is 0 Å². The number of nitrogens with zero attached hydrogens (tertiary/aromatic N) is 2. The Hall–Kier alpha value is -3.46. The predicted molar refractivity (Wildman–Crippen MR) is 124 cm³/mol. The van der Waals surface area contributed by atoms with E-state index in [1.165, 1.54) is 24.0 Å². The summed E-state index contributed by atoms with van der Waals surface area (Å²) in [6, 6.07) is 10.8. The maximum absolute atomic E-state index is 14.2. The summed E-state index contributed by atoms with van der Waals surface area (Å²) in [7, 11) is 0. The number of amides is 1. The first-order chi connectivity index (χ1) is 15.9. The third-order valence-corrected chi connectivity index (χ3v) is 5.31. The lowest BCUT2D eigenvalue weighted by molar-refractivity contribution is -0.115. The number of para-hydroxylation sites is 1. The van der Waals surface area contributed by atoms with Gasteiger partial charge < -0.3 is 14.2 Å². The van der Waals surface area contributed by atoms with Gasteiger partial charge >= 0.3 is 5.97 Å². The van der Waals surface area contributed by atoms with E-state index < -0.39 is 11.8 Å². The molecule has 0 unspecified atom stereocenters. The van der Waals surface area contributed by atoms with Crippen LogP contribution in [0.1, 0.15) is 43.2 Å². The Labute approximate surface area is 195 Å². The highest BCUT2D eigenvalue weighted by molar-refractivity contribution is 7.14. The lowest BCUT2D eigenvalue weighted by atomic mass is 10.2. The van der Waals surface area contributed by atoms with Gasteiger partial charge in [-0.1, -0.05) is 19.1 Å². The largest absolute Gasteiger partial charge is 0.490 e. The lowest BCUT2D eigenvalue weighted by Crippen LogP contribution is -2.23. The number of halogens is 1. The number of aromatic nitrogens is 1. The van der Waals surface area contributed by atoms with Crippen LogP contribution in [0.2, 0.25) is 0 Å². The molecule has 33 heavy (non-hydrogen) atoms. The van der Waals surface area contributed by atoms with Crippen molar-refractivity contribution in [1.82, 2.24) is 4.98 Å². The molecule has 174 valence electrons. The average Bonchev–Trinajstić information content (AvgIpc) is 3.26. The highest BCUT2D eigenvalue weighted by atomic mass is 32.1. The number of carbonyl (C=O) groups excluding carboxylic acids is 2. The molecule has 3 rings (SSSR count). The third-order valence-electron chi connectivity index (χ3n) is 4.43. The third kappa shape index (κ3) is 6.07. The molecule has 9 heteroatoms. The zero-order valence-corrected chi connectivity index (χ0v) is 19.5. The molecule has 0 fully saturated rings. The number of anilines is 2. The summed E-state index contributed by atoms with van der Waals surface area (Å²) in [5, 5.41) is 1.95. The van der Waals surface area contributed by atoms with Crippen molar-refractivity contribution in [3.05, 3.63) is 64.9 Å². The van der Waals surface area contributed by atoms with Crippen LogP contribution in [0, 0.1) is 5.82 Å². The van der Waals surface area contributed by atoms with Crippen LogP contribution in [0.4, 0.5) is 15.2 Å². The first kappa shape index (κ1) is 24.2. The molecule has 0 aliphatic rings. The first-order valence-electron chi connectivity index (χ1n) is 10.5. The molecule has 0 aliphatic carbocycles. The van der Waals surface area contributed by atoms with E-state index in [2.05, 4.69) is 4.98 Å². The minimum Gasteiger partial charge on any atom is -0.490 e. The van der Waals surface area contributed by atoms with Crippen LogP contribution in [0.3, 0.4) is 0 Å². The van der Waals surface area contributed by atoms with Crippen molar-refractivity contribution >= 4 is 34.0 Å². The van der Waals surface area contributed by atoms with Crippen LogP contribution < -0.4 is 14.4 Å². The number of ether oxygens (including phenoxy) is 3. The molecular formula is C24H25FN2O5S. The summed E-state index contributed by atoms with van der Waals surface area (Å²) in [5.41, 5.74) is 0.866. The highest BCUT2D eigenvalue weighted by Crippen LogP contribution is 2.31. The van der Waals surface area contributed by atoms with Crippen LogP contribution in [-0.2, 0) is 16.1 Å². The van der Waals surface area contributed by atoms with Gasteiger partial charge in [-0.05, 0) is 43.7 Å². The molecule has 0 N–H and O–H groups in total. The van der Waals surface area contributed by atoms with Gasteiger partial charge in [0.2, 0.25) is 5.91 Å². The van der Waals surface area contributed by atoms with Gasteiger partial charge in [0.25, 0.3) is 0 Å². The number of benzene rings is 2. The molecule has 0 aliphatic heterocycles. The summed E-state index contributed by atoms with van der Waals surface area (Å²) < 4.78 is 30.8. The molecule has 0 spiro atoms. The number of thiazole rings is 1. The number of hydrogen-bond donors (Lipinski definition) is 0. The van der Waals surface area contributed by atoms with E-state index in [1.807, 2.05) is 13.8 Å². The summed E-state index contributed by atoms with van der Waals surface area (Å²) in [6.45, 7) is 6.05. The molecule has 3 aromatic rings. The highest BCUT2D eigenvalue weighted by Gasteiger charge is 2.21. The Bertz CT molecular complexity index is 1120. The molecule has 0 radical (unpaired) electrons. The fourth-order valence-electron chi connectivity index (χ4n) is 2.96. The number of hydrogen-bond acceptors (Lipinski definition) is 7. The van der Waals surface area contributed by atoms with Crippen molar-refractivity contribution in [3.63, 3.8) is 0 Å². The molecule has 2 aromatic carbocycles. The second-order valence-corrected chi connectivity index (χ2v) is 7.78. The summed E-state index contributed by atoms with van der Waals surface area (Å²) in [5.74, 6) is -0.431. The van der Waals surface area contributed by atoms with Crippen molar-refractivity contribution in [2.75, 3.05) is 18.1 Å². The Kier molecular flexibility index (Phi) is 8.37. The van der Waals surface area contributed by atoms with Gasteiger partial charge in [-0.25, -0.2) is 14.2 Å². The Morgan fingerprint density at radius 1 is 1.09 bits per heavy atom. The van der Waals surface area contributed by atoms with Crippen LogP contribution in [-0.4, -0.2) is 30.1 Å². The Balaban J connectivity index is 1.71. The van der Waals surface area contributed by atoms with Gasteiger partial charge in [-0.3, -0.25) is 9.69 Å². The van der Waals surface area contributed by atoms with Gasteiger partial charge in [0, 0.05) is 12.3 Å². The SMILES string of the molecule is CCCOc1ccc(C(=O)OCc2csc(N(C(C)=O)c3ccccc3F)n2)cc1OCC. The van der Waals surface area contributed by atoms with E-state index in [9.17, 15) is 14.0 Å². The topological polar surface area (TPSA) is 78.0 Å². The van der Waals surface area contributed by atoms with Crippen molar-refractivity contribution < 1.29 is 28.2 Å². The number of carbonyl (C=O) groups is 2. The molecule has 0 bridgehead atoms. The monoisotopic (exact) mass is 472 g/mol. The van der Waals surface area contributed by atoms with E-state index in [0.29, 0.717) is 36.0 Å². The minimum absolute atomic E-state index is 0.101. The van der Waals surface area contributed by atoms with Gasteiger partial charge in [-0.2, -0.15) is 0 Å². The number of rotatable bonds is 10. The fourth-order valence-corrected chi connectivity index (χ4v) is 3.83. The quantitative estimate of drug-likeness (QED) is 0.362. The van der Waals surface area contributed by atoms with Crippen LogP contribution >= 0.6 is 11.3 Å². The van der Waals surface area contributed by atoms with Crippen molar-refractivity contribution in [2.45, 2.75) is 33.8 Å². The summed E-state index contributed by atoms with van der Waals surface area (Å²) in [6.07, 6.45) is 0.850. The zero-order chi connectivity index (χ0) is 23.8. The fraction of sp³-hybridized carbons (Fsp3) is 0.292. The second kappa shape index (κ2) is 11.4. The van der Waals surface area contributed by atoms with Crippen LogP contribution in [0.15, 0.2) is 47.8 Å². The molecule has 7 nitrogen and oxygen atoms in total. The lowest BCUT2D eigenvalue weighted by Gasteiger charge is -2.18. The maximum atomic E-state index is 14.2. The van der Waals surface area contributed by atoms with E-state index in [4.69, 9.17) is 14.2 Å². The van der Waals surface area contributed by atoms with Crippen LogP contribution in [0.25, 0.3) is 0 Å². The molecule has 1 aromatic heterocycles. The van der Waals surface area contributed by atoms with Crippen LogP contribution in [0.5, 0.6) is 11.5 Å². The second-order valence-electron chi connectivity index (χ2n) is 6.95. The molecule has 0 atom stereocenters. The Morgan fingerprint density at radius 2 is 1.88 bits per heavy atom. The normalized spacial score (nSPS) is 10.5. The standard InChI is InChI=1S/C24H25FN2O5S/c1-4-12-31-21-11-10-17(13-22(21)30-5-2)23(29)32-14-18-15-33-24(26-18)27(16(3)28)20-9-7-6-8-19(20)25/h6-11,13,15H,4-5,12,14H2,1-3H3. The van der Waals surface area contributed by atoms with E-state index >= 15 is 0 Å². The molecular weight excluding hydrogens is 447 g/mol. The maximum Gasteiger partial charge on any atom is 0.338 e. The average molecular weight is 473 g/mol. The summed E-state index contributed by atoms with van der Waals surface area (Å²) in [4.78, 5) is 30.2. The van der Waals surface area contributed by atoms with E-state index in [1.54, 1.807) is 35.7 Å². The predicted octanol–water partition coefficient (Wildman–Crippen LogP) is 5.51. The Morgan fingerprint density at radius 3 is 2.58 bits per heavy atom. The molecule has 0 saturated heterocycles. The summed E-state index contributed by atoms with van der Waals surface area (Å²) >= 11 is 1.16. The van der Waals surface area contributed by atoms with Crippen molar-refractivity contribution in [2.24, 2.45) is 0 Å².